The zero-order chi connectivity index (χ0) is 15.1. The molecule has 112 valence electrons. The molecule has 2 aromatic rings. The van der Waals surface area contributed by atoms with Crippen molar-refractivity contribution in [2.24, 2.45) is 0 Å². The van der Waals surface area contributed by atoms with E-state index in [2.05, 4.69) is 15.3 Å². The first kappa shape index (κ1) is 15.1. The largest absolute Gasteiger partial charge is 0.494 e. The van der Waals surface area contributed by atoms with Gasteiger partial charge in [-0.1, -0.05) is 12.1 Å². The summed E-state index contributed by atoms with van der Waals surface area (Å²) in [5.41, 5.74) is 1.11. The van der Waals surface area contributed by atoms with Gasteiger partial charge in [0.25, 0.3) is 0 Å². The lowest BCUT2D eigenvalue weighted by Gasteiger charge is -2.10. The fourth-order valence-corrected chi connectivity index (χ4v) is 1.83. The summed E-state index contributed by atoms with van der Waals surface area (Å²) in [6, 6.07) is 9.71. The minimum Gasteiger partial charge on any atom is -0.494 e. The Balaban J connectivity index is 1.97. The van der Waals surface area contributed by atoms with Crippen molar-refractivity contribution in [3.8, 4) is 11.6 Å². The molecule has 5 nitrogen and oxygen atoms in total. The molecule has 0 spiro atoms. The predicted octanol–water partition coefficient (Wildman–Crippen LogP) is 3.27. The number of aromatic nitrogens is 2. The molecular formula is C16H21N3O2. The van der Waals surface area contributed by atoms with Gasteiger partial charge in [0, 0.05) is 18.8 Å². The van der Waals surface area contributed by atoms with Gasteiger partial charge >= 0.3 is 0 Å². The minimum atomic E-state index is 0.0932. The number of nitrogens with zero attached hydrogens (tertiary/aromatic N) is 2. The van der Waals surface area contributed by atoms with Crippen molar-refractivity contribution in [2.75, 3.05) is 11.9 Å². The van der Waals surface area contributed by atoms with Crippen molar-refractivity contribution in [1.82, 2.24) is 9.97 Å². The zero-order valence-corrected chi connectivity index (χ0v) is 12.7. The second kappa shape index (κ2) is 7.47. The predicted molar refractivity (Wildman–Crippen MR) is 82.7 cm³/mol. The molecule has 0 radical (unpaired) electrons. The average molecular weight is 287 g/mol. The van der Waals surface area contributed by atoms with E-state index < -0.39 is 0 Å². The molecule has 0 saturated heterocycles. The molecule has 0 unspecified atom stereocenters. The van der Waals surface area contributed by atoms with Crippen LogP contribution in [-0.2, 0) is 6.54 Å². The summed E-state index contributed by atoms with van der Waals surface area (Å²) in [4.78, 5) is 8.50. The summed E-state index contributed by atoms with van der Waals surface area (Å²) in [6.45, 7) is 7.20. The van der Waals surface area contributed by atoms with Crippen LogP contribution in [-0.4, -0.2) is 22.7 Å². The van der Waals surface area contributed by atoms with Gasteiger partial charge in [-0.15, -0.1) is 0 Å². The van der Waals surface area contributed by atoms with E-state index in [1.807, 2.05) is 45.0 Å². The van der Waals surface area contributed by atoms with Gasteiger partial charge in [-0.25, -0.2) is 4.98 Å². The molecule has 5 heteroatoms. The monoisotopic (exact) mass is 287 g/mol. The Bertz CT molecular complexity index is 573. The lowest BCUT2D eigenvalue weighted by atomic mass is 10.2. The van der Waals surface area contributed by atoms with Crippen LogP contribution in [0, 0.1) is 0 Å². The van der Waals surface area contributed by atoms with Crippen LogP contribution >= 0.6 is 0 Å². The lowest BCUT2D eigenvalue weighted by molar-refractivity contribution is 0.232. The molecule has 0 saturated carbocycles. The van der Waals surface area contributed by atoms with E-state index in [1.165, 1.54) is 0 Å². The van der Waals surface area contributed by atoms with Gasteiger partial charge < -0.3 is 14.8 Å². The SMILES string of the molecule is CCOc1cccc(CNc2nccc(OC(C)C)n2)c1. The Morgan fingerprint density at radius 2 is 2.10 bits per heavy atom. The fraction of sp³-hybridized carbons (Fsp3) is 0.375. The van der Waals surface area contributed by atoms with E-state index in [1.54, 1.807) is 12.3 Å². The number of ether oxygens (including phenoxy) is 2. The highest BCUT2D eigenvalue weighted by molar-refractivity contribution is 5.33. The smallest absolute Gasteiger partial charge is 0.226 e. The topological polar surface area (TPSA) is 56.3 Å². The average Bonchev–Trinajstić information content (AvgIpc) is 2.46. The first-order chi connectivity index (χ1) is 10.2. The third-order valence-corrected chi connectivity index (χ3v) is 2.65. The Hall–Kier alpha value is -2.30. The lowest BCUT2D eigenvalue weighted by Crippen LogP contribution is -2.09. The van der Waals surface area contributed by atoms with E-state index in [4.69, 9.17) is 9.47 Å². The van der Waals surface area contributed by atoms with Crippen LogP contribution in [0.2, 0.25) is 0 Å². The van der Waals surface area contributed by atoms with E-state index >= 15 is 0 Å². The third-order valence-electron chi connectivity index (χ3n) is 2.65. The van der Waals surface area contributed by atoms with Gasteiger partial charge in [-0.3, -0.25) is 0 Å². The van der Waals surface area contributed by atoms with Crippen molar-refractivity contribution in [2.45, 2.75) is 33.4 Å². The van der Waals surface area contributed by atoms with E-state index in [0.29, 0.717) is 25.0 Å². The molecule has 1 aromatic heterocycles. The molecule has 21 heavy (non-hydrogen) atoms. The van der Waals surface area contributed by atoms with Crippen LogP contribution in [0.1, 0.15) is 26.3 Å². The van der Waals surface area contributed by atoms with Gasteiger partial charge in [0.15, 0.2) is 0 Å². The Morgan fingerprint density at radius 1 is 1.24 bits per heavy atom. The summed E-state index contributed by atoms with van der Waals surface area (Å²) in [5.74, 6) is 2.00. The quantitative estimate of drug-likeness (QED) is 0.847. The molecular weight excluding hydrogens is 266 g/mol. The Labute approximate surface area is 125 Å². The first-order valence-electron chi connectivity index (χ1n) is 7.12. The maximum Gasteiger partial charge on any atom is 0.226 e. The van der Waals surface area contributed by atoms with Crippen LogP contribution in [0.4, 0.5) is 5.95 Å². The molecule has 0 aliphatic carbocycles. The number of hydrogen-bond donors (Lipinski definition) is 1. The summed E-state index contributed by atoms with van der Waals surface area (Å²) in [7, 11) is 0. The van der Waals surface area contributed by atoms with Gasteiger partial charge in [0.05, 0.1) is 12.7 Å². The second-order valence-corrected chi connectivity index (χ2v) is 4.82. The number of nitrogens with one attached hydrogen (secondary N) is 1. The second-order valence-electron chi connectivity index (χ2n) is 4.82. The zero-order valence-electron chi connectivity index (χ0n) is 12.7. The highest BCUT2D eigenvalue weighted by Gasteiger charge is 2.03. The molecule has 0 fully saturated rings. The molecule has 0 amide bonds. The van der Waals surface area contributed by atoms with Gasteiger partial charge in [-0.05, 0) is 38.5 Å². The highest BCUT2D eigenvalue weighted by Crippen LogP contribution is 2.15. The molecule has 0 atom stereocenters. The third kappa shape index (κ3) is 4.95. The number of anilines is 1. The van der Waals surface area contributed by atoms with E-state index in [9.17, 15) is 0 Å². The van der Waals surface area contributed by atoms with Crippen LogP contribution < -0.4 is 14.8 Å². The summed E-state index contributed by atoms with van der Waals surface area (Å²) in [6.07, 6.45) is 1.78. The van der Waals surface area contributed by atoms with Crippen molar-refractivity contribution < 1.29 is 9.47 Å². The Kier molecular flexibility index (Phi) is 5.37. The number of hydrogen-bond acceptors (Lipinski definition) is 5. The maximum absolute atomic E-state index is 5.55. The minimum absolute atomic E-state index is 0.0932. The van der Waals surface area contributed by atoms with Crippen LogP contribution in [0.5, 0.6) is 11.6 Å². The summed E-state index contributed by atoms with van der Waals surface area (Å²) in [5, 5.41) is 3.19. The van der Waals surface area contributed by atoms with Crippen molar-refractivity contribution in [1.29, 1.82) is 0 Å². The van der Waals surface area contributed by atoms with Crippen molar-refractivity contribution in [3.05, 3.63) is 42.1 Å². The fourth-order valence-electron chi connectivity index (χ4n) is 1.83. The molecule has 1 heterocycles. The normalized spacial score (nSPS) is 10.5. The summed E-state index contributed by atoms with van der Waals surface area (Å²) < 4.78 is 11.0. The van der Waals surface area contributed by atoms with E-state index in [0.717, 1.165) is 11.3 Å². The van der Waals surface area contributed by atoms with Crippen LogP contribution in [0.25, 0.3) is 0 Å². The maximum atomic E-state index is 5.55. The Morgan fingerprint density at radius 3 is 2.86 bits per heavy atom. The molecule has 0 aliphatic rings. The summed E-state index contributed by atoms with van der Waals surface area (Å²) >= 11 is 0. The standard InChI is InChI=1S/C16H21N3O2/c1-4-20-14-7-5-6-13(10-14)11-18-16-17-9-8-15(19-16)21-12(2)3/h5-10,12H,4,11H2,1-3H3,(H,17,18,19). The van der Waals surface area contributed by atoms with Crippen molar-refractivity contribution >= 4 is 5.95 Å². The van der Waals surface area contributed by atoms with Crippen LogP contribution in [0.3, 0.4) is 0 Å². The first-order valence-corrected chi connectivity index (χ1v) is 7.12. The van der Waals surface area contributed by atoms with E-state index in [-0.39, 0.29) is 6.10 Å². The van der Waals surface area contributed by atoms with Gasteiger partial charge in [-0.2, -0.15) is 4.98 Å². The van der Waals surface area contributed by atoms with Crippen molar-refractivity contribution in [3.63, 3.8) is 0 Å². The molecule has 0 bridgehead atoms. The highest BCUT2D eigenvalue weighted by atomic mass is 16.5. The van der Waals surface area contributed by atoms with Gasteiger partial charge in [0.1, 0.15) is 5.75 Å². The molecule has 0 aliphatic heterocycles. The number of rotatable bonds is 7. The molecule has 2 rings (SSSR count). The van der Waals surface area contributed by atoms with Crippen LogP contribution in [0.15, 0.2) is 36.5 Å². The molecule has 1 N–H and O–H groups in total. The van der Waals surface area contributed by atoms with Gasteiger partial charge in [0.2, 0.25) is 11.8 Å². The number of benzene rings is 1. The molecule has 1 aromatic carbocycles.